The van der Waals surface area contributed by atoms with Gasteiger partial charge >= 0.3 is 0 Å². The van der Waals surface area contributed by atoms with E-state index in [2.05, 4.69) is 41.5 Å². The van der Waals surface area contributed by atoms with Gasteiger partial charge in [0.15, 0.2) is 0 Å². The minimum absolute atomic E-state index is 0.0315. The third kappa shape index (κ3) is 4.95. The zero-order valence-electron chi connectivity index (χ0n) is 16.4. The number of benzene rings is 2. The van der Waals surface area contributed by atoms with Gasteiger partial charge in [0.1, 0.15) is 17.6 Å². The van der Waals surface area contributed by atoms with Crippen molar-refractivity contribution in [2.24, 2.45) is 7.05 Å². The van der Waals surface area contributed by atoms with Gasteiger partial charge in [-0.3, -0.25) is 4.79 Å². The van der Waals surface area contributed by atoms with Crippen LogP contribution in [0.15, 0.2) is 60.9 Å². The monoisotopic (exact) mass is 395 g/mol. The van der Waals surface area contributed by atoms with Crippen LogP contribution in [0.1, 0.15) is 28.6 Å². The van der Waals surface area contributed by atoms with E-state index in [0.717, 1.165) is 22.9 Å². The minimum Gasteiger partial charge on any atom is -0.496 e. The molecule has 1 aromatic heterocycles. The molecule has 1 amide bonds. The normalized spacial score (nSPS) is 11.8. The largest absolute Gasteiger partial charge is 0.496 e. The highest BCUT2D eigenvalue weighted by Crippen LogP contribution is 2.29. The van der Waals surface area contributed by atoms with E-state index >= 15 is 0 Å². The molecule has 0 aliphatic heterocycles. The molecule has 1 unspecified atom stereocenters. The number of aromatic nitrogens is 2. The summed E-state index contributed by atoms with van der Waals surface area (Å²) in [5.41, 5.74) is 3.34. The number of carbonyl (C=O) groups excluding carboxylic acids is 1. The minimum atomic E-state index is -0.372. The van der Waals surface area contributed by atoms with Crippen LogP contribution in [0.5, 0.6) is 5.75 Å². The quantitative estimate of drug-likeness (QED) is 0.629. The van der Waals surface area contributed by atoms with Crippen LogP contribution >= 0.6 is 11.8 Å². The van der Waals surface area contributed by atoms with Crippen LogP contribution in [-0.2, 0) is 17.6 Å². The van der Waals surface area contributed by atoms with E-state index < -0.39 is 0 Å². The summed E-state index contributed by atoms with van der Waals surface area (Å²) in [4.78, 5) is 17.1. The Balaban J connectivity index is 1.70. The first-order chi connectivity index (χ1) is 13.6. The van der Waals surface area contributed by atoms with Gasteiger partial charge in [-0.25, -0.2) is 4.98 Å². The Morgan fingerprint density at radius 3 is 2.64 bits per heavy atom. The lowest BCUT2D eigenvalue weighted by atomic mass is 10.0. The highest BCUT2D eigenvalue weighted by atomic mass is 32.2. The lowest BCUT2D eigenvalue weighted by Gasteiger charge is -2.21. The molecule has 3 aromatic rings. The first-order valence-corrected chi connectivity index (χ1v) is 10.3. The number of thioether (sulfide) groups is 1. The number of aryl methyl sites for hydroxylation is 2. The number of ether oxygens (including phenoxy) is 1. The Morgan fingerprint density at radius 1 is 1.21 bits per heavy atom. The lowest BCUT2D eigenvalue weighted by Crippen LogP contribution is -2.32. The fourth-order valence-electron chi connectivity index (χ4n) is 2.99. The molecular weight excluding hydrogens is 370 g/mol. The van der Waals surface area contributed by atoms with Crippen LogP contribution in [0.4, 0.5) is 0 Å². The summed E-state index contributed by atoms with van der Waals surface area (Å²) < 4.78 is 7.41. The van der Waals surface area contributed by atoms with Gasteiger partial charge in [-0.15, -0.1) is 11.8 Å². The van der Waals surface area contributed by atoms with Crippen molar-refractivity contribution in [1.82, 2.24) is 14.9 Å². The summed E-state index contributed by atoms with van der Waals surface area (Å²) in [5, 5.41) is 3.12. The summed E-state index contributed by atoms with van der Waals surface area (Å²) in [7, 11) is 3.55. The second-order valence-electron chi connectivity index (χ2n) is 6.62. The third-order valence-corrected chi connectivity index (χ3v) is 5.50. The number of nitrogens with zero attached hydrogens (tertiary/aromatic N) is 2. The molecule has 3 rings (SSSR count). The molecule has 0 aliphatic rings. The summed E-state index contributed by atoms with van der Waals surface area (Å²) in [5.74, 6) is 2.64. The van der Waals surface area contributed by atoms with Crippen molar-refractivity contribution in [3.05, 3.63) is 83.4 Å². The van der Waals surface area contributed by atoms with Crippen LogP contribution < -0.4 is 10.1 Å². The molecule has 2 aromatic carbocycles. The van der Waals surface area contributed by atoms with Gasteiger partial charge in [0, 0.05) is 30.8 Å². The third-order valence-electron chi connectivity index (χ3n) is 4.49. The average molecular weight is 396 g/mol. The molecule has 0 aliphatic carbocycles. The Bertz CT molecular complexity index is 922. The number of carbonyl (C=O) groups is 1. The van der Waals surface area contributed by atoms with Gasteiger partial charge in [-0.2, -0.15) is 0 Å². The van der Waals surface area contributed by atoms with Gasteiger partial charge in [0.2, 0.25) is 5.91 Å². The molecule has 0 fully saturated rings. The Kier molecular flexibility index (Phi) is 6.76. The molecule has 146 valence electrons. The van der Waals surface area contributed by atoms with Crippen LogP contribution in [0.3, 0.4) is 0 Å². The Morgan fingerprint density at radius 2 is 1.96 bits per heavy atom. The van der Waals surface area contributed by atoms with Crippen LogP contribution in [0.2, 0.25) is 0 Å². The maximum Gasteiger partial charge on any atom is 0.230 e. The molecule has 1 heterocycles. The number of hydrogen-bond donors (Lipinski definition) is 1. The number of imidazole rings is 1. The van der Waals surface area contributed by atoms with Gasteiger partial charge in [-0.1, -0.05) is 48.0 Å². The van der Waals surface area contributed by atoms with E-state index in [9.17, 15) is 4.79 Å². The smallest absolute Gasteiger partial charge is 0.230 e. The average Bonchev–Trinajstić information content (AvgIpc) is 3.13. The van der Waals surface area contributed by atoms with E-state index in [1.807, 2.05) is 42.1 Å². The second kappa shape index (κ2) is 9.46. The summed E-state index contributed by atoms with van der Waals surface area (Å²) >= 11 is 1.60. The maximum atomic E-state index is 12.7. The molecular formula is C22H25N3O2S. The molecule has 28 heavy (non-hydrogen) atoms. The van der Waals surface area contributed by atoms with Gasteiger partial charge in [-0.05, 0) is 18.6 Å². The zero-order chi connectivity index (χ0) is 19.9. The number of hydrogen-bond acceptors (Lipinski definition) is 4. The molecule has 0 spiro atoms. The number of rotatable bonds is 8. The van der Waals surface area contributed by atoms with Gasteiger partial charge in [0.05, 0.1) is 12.9 Å². The summed E-state index contributed by atoms with van der Waals surface area (Å²) in [6.45, 7) is 2.07. The SMILES string of the molecule is COc1ccccc1C(NC(=O)CSCc1ccc(C)cc1)c1nccn1C. The maximum absolute atomic E-state index is 12.7. The highest BCUT2D eigenvalue weighted by Gasteiger charge is 2.23. The van der Waals surface area contributed by atoms with Crippen molar-refractivity contribution in [2.45, 2.75) is 18.7 Å². The van der Waals surface area contributed by atoms with Crippen molar-refractivity contribution >= 4 is 17.7 Å². The molecule has 6 heteroatoms. The standard InChI is InChI=1S/C22H25N3O2S/c1-16-8-10-17(11-9-16)14-28-15-20(26)24-21(22-23-12-13-25(22)2)18-6-4-5-7-19(18)27-3/h4-13,21H,14-15H2,1-3H3,(H,24,26). The first kappa shape index (κ1) is 20.0. The number of nitrogens with one attached hydrogen (secondary N) is 1. The predicted molar refractivity (Wildman–Crippen MR) is 114 cm³/mol. The van der Waals surface area contributed by atoms with Crippen molar-refractivity contribution in [3.63, 3.8) is 0 Å². The van der Waals surface area contributed by atoms with Crippen LogP contribution in [0.25, 0.3) is 0 Å². The molecule has 1 N–H and O–H groups in total. The topological polar surface area (TPSA) is 56.1 Å². The zero-order valence-corrected chi connectivity index (χ0v) is 17.2. The molecule has 0 saturated heterocycles. The number of methoxy groups -OCH3 is 1. The lowest BCUT2D eigenvalue weighted by molar-refractivity contribution is -0.119. The van der Waals surface area contributed by atoms with E-state index in [4.69, 9.17) is 4.74 Å². The first-order valence-electron chi connectivity index (χ1n) is 9.11. The second-order valence-corrected chi connectivity index (χ2v) is 7.60. The fourth-order valence-corrected chi connectivity index (χ4v) is 3.79. The summed E-state index contributed by atoms with van der Waals surface area (Å²) in [6, 6.07) is 15.7. The van der Waals surface area contributed by atoms with Crippen molar-refractivity contribution in [3.8, 4) is 5.75 Å². The van der Waals surface area contributed by atoms with Crippen molar-refractivity contribution in [2.75, 3.05) is 12.9 Å². The fraction of sp³-hybridized carbons (Fsp3) is 0.273. The number of amides is 1. The Labute approximate surface area is 170 Å². The molecule has 0 saturated carbocycles. The number of para-hydroxylation sites is 1. The molecule has 0 bridgehead atoms. The van der Waals surface area contributed by atoms with Crippen molar-refractivity contribution in [1.29, 1.82) is 0 Å². The molecule has 0 radical (unpaired) electrons. The van der Waals surface area contributed by atoms with E-state index in [0.29, 0.717) is 5.75 Å². The van der Waals surface area contributed by atoms with E-state index in [1.165, 1.54) is 11.1 Å². The highest BCUT2D eigenvalue weighted by molar-refractivity contribution is 7.99. The van der Waals surface area contributed by atoms with Gasteiger partial charge < -0.3 is 14.6 Å². The van der Waals surface area contributed by atoms with E-state index in [1.54, 1.807) is 25.1 Å². The van der Waals surface area contributed by atoms with E-state index in [-0.39, 0.29) is 11.9 Å². The van der Waals surface area contributed by atoms with Crippen molar-refractivity contribution < 1.29 is 9.53 Å². The predicted octanol–water partition coefficient (Wildman–Crippen LogP) is 3.88. The van der Waals surface area contributed by atoms with Crippen LogP contribution in [-0.4, -0.2) is 28.3 Å². The molecule has 5 nitrogen and oxygen atoms in total. The van der Waals surface area contributed by atoms with Crippen LogP contribution in [0, 0.1) is 6.92 Å². The van der Waals surface area contributed by atoms with Gasteiger partial charge in [0.25, 0.3) is 0 Å². The Hall–Kier alpha value is -2.73. The molecule has 1 atom stereocenters. The summed E-state index contributed by atoms with van der Waals surface area (Å²) in [6.07, 6.45) is 3.60.